The third-order valence-corrected chi connectivity index (χ3v) is 2.93. The first kappa shape index (κ1) is 14.6. The maximum absolute atomic E-state index is 11.9. The average Bonchev–Trinajstić information content (AvgIpc) is 2.99. The van der Waals surface area contributed by atoms with E-state index in [4.69, 9.17) is 5.11 Å². The summed E-state index contributed by atoms with van der Waals surface area (Å²) in [6.07, 6.45) is 3.98. The zero-order valence-electron chi connectivity index (χ0n) is 11.5. The van der Waals surface area contributed by atoms with Gasteiger partial charge in [-0.1, -0.05) is 13.0 Å². The number of carbonyl (C=O) groups excluding carboxylic acids is 1. The van der Waals surface area contributed by atoms with Crippen LogP contribution in [-0.2, 0) is 0 Å². The Labute approximate surface area is 121 Å². The van der Waals surface area contributed by atoms with Crippen molar-refractivity contribution in [3.05, 3.63) is 48.0 Å². The van der Waals surface area contributed by atoms with Gasteiger partial charge in [-0.3, -0.25) is 0 Å². The molecule has 1 aromatic carbocycles. The topological polar surface area (TPSA) is 107 Å². The number of anilines is 1. The molecule has 0 spiro atoms. The summed E-state index contributed by atoms with van der Waals surface area (Å²) in [6, 6.07) is 5.41. The van der Waals surface area contributed by atoms with Crippen molar-refractivity contribution in [2.45, 2.75) is 19.4 Å². The van der Waals surface area contributed by atoms with Gasteiger partial charge in [-0.15, -0.1) is 0 Å². The predicted octanol–water partition coefficient (Wildman–Crippen LogP) is 2.38. The summed E-state index contributed by atoms with van der Waals surface area (Å²) >= 11 is 0. The zero-order valence-corrected chi connectivity index (χ0v) is 11.5. The molecule has 0 radical (unpaired) electrons. The van der Waals surface area contributed by atoms with Crippen LogP contribution in [0.4, 0.5) is 10.5 Å². The van der Waals surface area contributed by atoms with Crippen molar-refractivity contribution in [2.24, 2.45) is 0 Å². The Hall–Kier alpha value is -2.83. The predicted molar refractivity (Wildman–Crippen MR) is 77.2 cm³/mol. The summed E-state index contributed by atoms with van der Waals surface area (Å²) < 4.78 is 0. The number of H-pyrrole nitrogens is 1. The number of rotatable bonds is 5. The molecule has 2 amide bonds. The minimum atomic E-state index is -1.04. The van der Waals surface area contributed by atoms with Crippen molar-refractivity contribution < 1.29 is 14.7 Å². The highest BCUT2D eigenvalue weighted by molar-refractivity contribution is 5.93. The molecule has 110 valence electrons. The normalized spacial score (nSPS) is 11.7. The van der Waals surface area contributed by atoms with Crippen LogP contribution in [0.2, 0.25) is 0 Å². The quantitative estimate of drug-likeness (QED) is 0.677. The van der Waals surface area contributed by atoms with Crippen LogP contribution in [0, 0.1) is 0 Å². The lowest BCUT2D eigenvalue weighted by Gasteiger charge is -2.15. The second-order valence-corrected chi connectivity index (χ2v) is 4.42. The SMILES string of the molecule is CCC(NC(=O)Nc1cccc(C(=O)O)c1)c1ncc[nH]1. The van der Waals surface area contributed by atoms with Crippen LogP contribution in [0.15, 0.2) is 36.7 Å². The monoisotopic (exact) mass is 288 g/mol. The molecular weight excluding hydrogens is 272 g/mol. The molecule has 7 heteroatoms. The number of nitrogens with zero attached hydrogens (tertiary/aromatic N) is 1. The highest BCUT2D eigenvalue weighted by atomic mass is 16.4. The van der Waals surface area contributed by atoms with Crippen molar-refractivity contribution in [2.75, 3.05) is 5.32 Å². The highest BCUT2D eigenvalue weighted by Gasteiger charge is 2.15. The number of aromatic amines is 1. The molecule has 0 fully saturated rings. The second kappa shape index (κ2) is 6.56. The fourth-order valence-corrected chi connectivity index (χ4v) is 1.89. The van der Waals surface area contributed by atoms with Gasteiger partial charge in [0.25, 0.3) is 0 Å². The number of nitrogens with one attached hydrogen (secondary N) is 3. The van der Waals surface area contributed by atoms with Gasteiger partial charge in [0.15, 0.2) is 0 Å². The molecule has 2 rings (SSSR count). The van der Waals surface area contributed by atoms with Gasteiger partial charge in [0, 0.05) is 18.1 Å². The molecule has 0 aliphatic carbocycles. The summed E-state index contributed by atoms with van der Waals surface area (Å²) in [5.74, 6) is -0.368. The lowest BCUT2D eigenvalue weighted by molar-refractivity contribution is 0.0697. The number of urea groups is 1. The lowest BCUT2D eigenvalue weighted by Crippen LogP contribution is -2.32. The van der Waals surface area contributed by atoms with E-state index < -0.39 is 12.0 Å². The molecule has 0 saturated carbocycles. The summed E-state index contributed by atoms with van der Waals surface area (Å²) in [6.45, 7) is 1.93. The Morgan fingerprint density at radius 2 is 2.24 bits per heavy atom. The van der Waals surface area contributed by atoms with Gasteiger partial charge in [0.2, 0.25) is 0 Å². The van der Waals surface area contributed by atoms with Gasteiger partial charge in [0.1, 0.15) is 5.82 Å². The van der Waals surface area contributed by atoms with Crippen LogP contribution in [0.5, 0.6) is 0 Å². The summed E-state index contributed by atoms with van der Waals surface area (Å²) in [5.41, 5.74) is 0.535. The summed E-state index contributed by atoms with van der Waals surface area (Å²) in [5, 5.41) is 14.3. The number of imidazole rings is 1. The number of hydrogen-bond acceptors (Lipinski definition) is 3. The molecule has 1 aromatic heterocycles. The first-order valence-electron chi connectivity index (χ1n) is 6.50. The third-order valence-electron chi connectivity index (χ3n) is 2.93. The van der Waals surface area contributed by atoms with Gasteiger partial charge in [-0.05, 0) is 24.6 Å². The minimum Gasteiger partial charge on any atom is -0.478 e. The first-order valence-corrected chi connectivity index (χ1v) is 6.50. The molecule has 7 nitrogen and oxygen atoms in total. The zero-order chi connectivity index (χ0) is 15.2. The molecule has 2 aromatic rings. The van der Waals surface area contributed by atoms with Crippen LogP contribution in [0.3, 0.4) is 0 Å². The van der Waals surface area contributed by atoms with Crippen molar-refractivity contribution in [1.29, 1.82) is 0 Å². The number of aromatic nitrogens is 2. The van der Waals surface area contributed by atoms with Gasteiger partial charge in [0.05, 0.1) is 11.6 Å². The molecule has 0 bridgehead atoms. The van der Waals surface area contributed by atoms with Crippen LogP contribution >= 0.6 is 0 Å². The fraction of sp³-hybridized carbons (Fsp3) is 0.214. The van der Waals surface area contributed by atoms with Crippen LogP contribution in [0.1, 0.15) is 35.6 Å². The van der Waals surface area contributed by atoms with Gasteiger partial charge >= 0.3 is 12.0 Å². The first-order chi connectivity index (χ1) is 10.1. The van der Waals surface area contributed by atoms with Gasteiger partial charge in [-0.2, -0.15) is 0 Å². The lowest BCUT2D eigenvalue weighted by atomic mass is 10.2. The molecule has 0 aliphatic rings. The van der Waals surface area contributed by atoms with E-state index in [2.05, 4.69) is 20.6 Å². The molecule has 4 N–H and O–H groups in total. The van der Waals surface area contributed by atoms with Gasteiger partial charge < -0.3 is 20.7 Å². The largest absolute Gasteiger partial charge is 0.478 e. The number of amides is 2. The number of aromatic carboxylic acids is 1. The van der Waals surface area contributed by atoms with Crippen LogP contribution in [-0.4, -0.2) is 27.1 Å². The van der Waals surface area contributed by atoms with Crippen molar-refractivity contribution in [1.82, 2.24) is 15.3 Å². The highest BCUT2D eigenvalue weighted by Crippen LogP contribution is 2.13. The molecule has 0 saturated heterocycles. The van der Waals surface area contributed by atoms with Crippen molar-refractivity contribution in [3.63, 3.8) is 0 Å². The van der Waals surface area contributed by atoms with Crippen LogP contribution in [0.25, 0.3) is 0 Å². The van der Waals surface area contributed by atoms with E-state index in [1.165, 1.54) is 12.1 Å². The number of hydrogen-bond donors (Lipinski definition) is 4. The van der Waals surface area contributed by atoms with E-state index in [0.29, 0.717) is 17.9 Å². The molecule has 1 atom stereocenters. The van der Waals surface area contributed by atoms with Crippen LogP contribution < -0.4 is 10.6 Å². The Morgan fingerprint density at radius 1 is 1.43 bits per heavy atom. The van der Waals surface area contributed by atoms with Crippen molar-refractivity contribution >= 4 is 17.7 Å². The van der Waals surface area contributed by atoms with E-state index >= 15 is 0 Å². The van der Waals surface area contributed by atoms with E-state index in [9.17, 15) is 9.59 Å². The number of carboxylic acids is 1. The number of carboxylic acid groups (broad SMARTS) is 1. The molecule has 1 heterocycles. The average molecular weight is 288 g/mol. The van der Waals surface area contributed by atoms with E-state index in [1.54, 1.807) is 24.5 Å². The fourth-order valence-electron chi connectivity index (χ4n) is 1.89. The van der Waals surface area contributed by atoms with Crippen molar-refractivity contribution in [3.8, 4) is 0 Å². The van der Waals surface area contributed by atoms with E-state index in [-0.39, 0.29) is 11.6 Å². The molecule has 21 heavy (non-hydrogen) atoms. The standard InChI is InChI=1S/C14H16N4O3/c1-2-11(12-15-6-7-16-12)18-14(21)17-10-5-3-4-9(8-10)13(19)20/h3-8,11H,2H2,1H3,(H,15,16)(H,19,20)(H2,17,18,21). The van der Waals surface area contributed by atoms with Gasteiger partial charge in [-0.25, -0.2) is 14.6 Å². The van der Waals surface area contributed by atoms with E-state index in [0.717, 1.165) is 0 Å². The van der Waals surface area contributed by atoms with E-state index in [1.807, 2.05) is 6.92 Å². The molecule has 1 unspecified atom stereocenters. The summed E-state index contributed by atoms with van der Waals surface area (Å²) in [7, 11) is 0. The Morgan fingerprint density at radius 3 is 2.86 bits per heavy atom. The Bertz CT molecular complexity index is 625. The minimum absolute atomic E-state index is 0.117. The molecular formula is C14H16N4O3. The Balaban J connectivity index is 2.01. The number of benzene rings is 1. The maximum Gasteiger partial charge on any atom is 0.335 e. The number of carbonyl (C=O) groups is 2. The second-order valence-electron chi connectivity index (χ2n) is 4.42. The maximum atomic E-state index is 11.9. The summed E-state index contributed by atoms with van der Waals surface area (Å²) in [4.78, 5) is 29.9. The smallest absolute Gasteiger partial charge is 0.335 e. The Kier molecular flexibility index (Phi) is 4.55. The third kappa shape index (κ3) is 3.82. The molecule has 0 aliphatic heterocycles.